The molecule has 0 radical (unpaired) electrons. The first-order valence-corrected chi connectivity index (χ1v) is 8.43. The van der Waals surface area contributed by atoms with E-state index < -0.39 is 0 Å². The van der Waals surface area contributed by atoms with Crippen molar-refractivity contribution in [1.29, 1.82) is 0 Å². The topological polar surface area (TPSA) is 81.1 Å². The predicted molar refractivity (Wildman–Crippen MR) is 83.5 cm³/mol. The predicted octanol–water partition coefficient (Wildman–Crippen LogP) is 3.01. The van der Waals surface area contributed by atoms with Crippen LogP contribution < -0.4 is 4.90 Å². The first kappa shape index (κ1) is 14.7. The minimum absolute atomic E-state index is 0.118. The van der Waals surface area contributed by atoms with Gasteiger partial charge < -0.3 is 13.9 Å². The molecule has 2 aromatic rings. The molecular formula is C16H23N5O2. The molecule has 0 aromatic carbocycles. The summed E-state index contributed by atoms with van der Waals surface area (Å²) < 4.78 is 10.8. The molecule has 2 aliphatic rings. The molecule has 1 aliphatic heterocycles. The number of rotatable bonds is 3. The van der Waals surface area contributed by atoms with E-state index in [0.29, 0.717) is 23.7 Å². The number of aromatic nitrogens is 4. The third-order valence-corrected chi connectivity index (χ3v) is 4.58. The van der Waals surface area contributed by atoms with Crippen LogP contribution in [-0.4, -0.2) is 33.4 Å². The Bertz CT molecular complexity index is 675. The fraction of sp³-hybridized carbons (Fsp3) is 0.750. The summed E-state index contributed by atoms with van der Waals surface area (Å²) in [6.07, 6.45) is 4.36. The second-order valence-corrected chi connectivity index (χ2v) is 7.68. The Labute approximate surface area is 135 Å². The highest BCUT2D eigenvalue weighted by Gasteiger charge is 2.32. The minimum atomic E-state index is -0.118. The van der Waals surface area contributed by atoms with Crippen LogP contribution in [0.5, 0.6) is 0 Å². The molecule has 0 atom stereocenters. The molecule has 23 heavy (non-hydrogen) atoms. The van der Waals surface area contributed by atoms with Crippen molar-refractivity contribution in [3.8, 4) is 0 Å². The van der Waals surface area contributed by atoms with Crippen molar-refractivity contribution in [3.05, 3.63) is 17.6 Å². The highest BCUT2D eigenvalue weighted by molar-refractivity contribution is 5.30. The second-order valence-electron chi connectivity index (χ2n) is 7.68. The Morgan fingerprint density at radius 2 is 1.65 bits per heavy atom. The van der Waals surface area contributed by atoms with Crippen molar-refractivity contribution in [2.24, 2.45) is 0 Å². The van der Waals surface area contributed by atoms with E-state index in [1.807, 2.05) is 0 Å². The van der Waals surface area contributed by atoms with E-state index >= 15 is 0 Å². The van der Waals surface area contributed by atoms with Gasteiger partial charge in [0, 0.05) is 30.3 Å². The molecule has 0 bridgehead atoms. The van der Waals surface area contributed by atoms with Gasteiger partial charge in [-0.25, -0.2) is 0 Å². The Balaban J connectivity index is 1.39. The molecule has 1 aliphatic carbocycles. The molecule has 0 spiro atoms. The third kappa shape index (κ3) is 2.96. The molecule has 124 valence electrons. The van der Waals surface area contributed by atoms with Crippen molar-refractivity contribution in [2.45, 2.75) is 63.7 Å². The molecule has 7 nitrogen and oxygen atoms in total. The molecule has 1 saturated heterocycles. The molecule has 1 saturated carbocycles. The molecule has 2 aromatic heterocycles. The highest BCUT2D eigenvalue weighted by atomic mass is 16.5. The summed E-state index contributed by atoms with van der Waals surface area (Å²) in [5.41, 5.74) is -0.118. The average molecular weight is 317 g/mol. The van der Waals surface area contributed by atoms with E-state index in [2.05, 4.69) is 46.0 Å². The van der Waals surface area contributed by atoms with Crippen LogP contribution in [0.4, 0.5) is 5.95 Å². The monoisotopic (exact) mass is 317 g/mol. The van der Waals surface area contributed by atoms with Gasteiger partial charge in [0.25, 0.3) is 5.95 Å². The number of hydrogen-bond acceptors (Lipinski definition) is 7. The quantitative estimate of drug-likeness (QED) is 0.860. The molecular weight excluding hydrogens is 294 g/mol. The molecule has 0 N–H and O–H groups in total. The standard InChI is InChI=1S/C16H23N5O2/c1-16(2,3)14-18-15(20-23-14)21-8-6-10(7-9-21)12-17-13(22-19-12)11-4-5-11/h10-11H,4-9H2,1-3H3. The van der Waals surface area contributed by atoms with E-state index in [1.165, 1.54) is 12.8 Å². The summed E-state index contributed by atoms with van der Waals surface area (Å²) >= 11 is 0. The maximum Gasteiger partial charge on any atom is 0.266 e. The van der Waals surface area contributed by atoms with Gasteiger partial charge in [0.15, 0.2) is 5.82 Å². The van der Waals surface area contributed by atoms with Crippen LogP contribution in [0.15, 0.2) is 9.05 Å². The minimum Gasteiger partial charge on any atom is -0.339 e. The van der Waals surface area contributed by atoms with Gasteiger partial charge in [-0.2, -0.15) is 9.97 Å². The molecule has 3 heterocycles. The zero-order valence-electron chi connectivity index (χ0n) is 13.9. The van der Waals surface area contributed by atoms with Crippen molar-refractivity contribution in [3.63, 3.8) is 0 Å². The molecule has 7 heteroatoms. The highest BCUT2D eigenvalue weighted by Crippen LogP contribution is 2.40. The van der Waals surface area contributed by atoms with Crippen LogP contribution in [0.3, 0.4) is 0 Å². The van der Waals surface area contributed by atoms with Crippen LogP contribution in [0.2, 0.25) is 0 Å². The van der Waals surface area contributed by atoms with Gasteiger partial charge in [-0.05, 0) is 30.8 Å². The molecule has 2 fully saturated rings. The lowest BCUT2D eigenvalue weighted by Gasteiger charge is -2.29. The Morgan fingerprint density at radius 1 is 0.913 bits per heavy atom. The fourth-order valence-corrected chi connectivity index (χ4v) is 2.90. The van der Waals surface area contributed by atoms with Gasteiger partial charge in [0.1, 0.15) is 0 Å². The van der Waals surface area contributed by atoms with Gasteiger partial charge >= 0.3 is 0 Å². The average Bonchev–Trinajstić information content (AvgIpc) is 3.05. The van der Waals surface area contributed by atoms with E-state index in [4.69, 9.17) is 9.05 Å². The zero-order valence-corrected chi connectivity index (χ0v) is 13.9. The van der Waals surface area contributed by atoms with Crippen molar-refractivity contribution in [2.75, 3.05) is 18.0 Å². The number of nitrogens with zero attached hydrogens (tertiary/aromatic N) is 5. The summed E-state index contributed by atoms with van der Waals surface area (Å²) in [6.45, 7) is 8.00. The second kappa shape index (κ2) is 5.32. The maximum atomic E-state index is 5.39. The first-order chi connectivity index (χ1) is 11.0. The van der Waals surface area contributed by atoms with Crippen molar-refractivity contribution >= 4 is 5.95 Å². The Morgan fingerprint density at radius 3 is 2.26 bits per heavy atom. The number of anilines is 1. The summed E-state index contributed by atoms with van der Waals surface area (Å²) in [5.74, 6) is 3.97. The summed E-state index contributed by atoms with van der Waals surface area (Å²) in [5, 5.41) is 8.31. The van der Waals surface area contributed by atoms with Crippen LogP contribution >= 0.6 is 0 Å². The van der Waals surface area contributed by atoms with Gasteiger partial charge in [0.2, 0.25) is 11.8 Å². The molecule has 0 unspecified atom stereocenters. The summed E-state index contributed by atoms with van der Waals surface area (Å²) in [7, 11) is 0. The lowest BCUT2D eigenvalue weighted by molar-refractivity contribution is 0.319. The zero-order chi connectivity index (χ0) is 16.0. The molecule has 0 amide bonds. The normalized spacial score (nSPS) is 20.2. The first-order valence-electron chi connectivity index (χ1n) is 8.43. The Kier molecular flexibility index (Phi) is 3.39. The summed E-state index contributed by atoms with van der Waals surface area (Å²) in [6, 6.07) is 0. The smallest absolute Gasteiger partial charge is 0.266 e. The van der Waals surface area contributed by atoms with E-state index in [9.17, 15) is 0 Å². The van der Waals surface area contributed by atoms with Gasteiger partial charge in [-0.1, -0.05) is 25.9 Å². The lowest BCUT2D eigenvalue weighted by Crippen LogP contribution is -2.34. The van der Waals surface area contributed by atoms with E-state index in [-0.39, 0.29) is 5.41 Å². The van der Waals surface area contributed by atoms with Crippen molar-refractivity contribution in [1.82, 2.24) is 20.3 Å². The number of piperidine rings is 1. The largest absolute Gasteiger partial charge is 0.339 e. The van der Waals surface area contributed by atoms with Gasteiger partial charge in [0.05, 0.1) is 0 Å². The maximum absolute atomic E-state index is 5.39. The van der Waals surface area contributed by atoms with Crippen LogP contribution in [-0.2, 0) is 5.41 Å². The summed E-state index contributed by atoms with van der Waals surface area (Å²) in [4.78, 5) is 11.3. The molecule has 4 rings (SSSR count). The van der Waals surface area contributed by atoms with Gasteiger partial charge in [-0.3, -0.25) is 0 Å². The van der Waals surface area contributed by atoms with E-state index in [1.54, 1.807) is 0 Å². The fourth-order valence-electron chi connectivity index (χ4n) is 2.90. The van der Waals surface area contributed by atoms with Crippen LogP contribution in [0, 0.1) is 0 Å². The van der Waals surface area contributed by atoms with Gasteiger partial charge in [-0.15, -0.1) is 0 Å². The van der Waals surface area contributed by atoms with E-state index in [0.717, 1.165) is 37.6 Å². The third-order valence-electron chi connectivity index (χ3n) is 4.58. The van der Waals surface area contributed by atoms with Crippen LogP contribution in [0.1, 0.15) is 75.9 Å². The lowest BCUT2D eigenvalue weighted by atomic mass is 9.96. The van der Waals surface area contributed by atoms with Crippen LogP contribution in [0.25, 0.3) is 0 Å². The SMILES string of the molecule is CC(C)(C)c1nc(N2CCC(c3noc(C4CC4)n3)CC2)no1. The Hall–Kier alpha value is -1.92. The van der Waals surface area contributed by atoms with Crippen molar-refractivity contribution < 1.29 is 9.05 Å². The number of hydrogen-bond donors (Lipinski definition) is 0.